The number of hydrogen-bond acceptors (Lipinski definition) is 8. The molecule has 0 aliphatic carbocycles. The molecule has 0 aliphatic heterocycles. The summed E-state index contributed by atoms with van der Waals surface area (Å²) in [7, 11) is 0. The van der Waals surface area contributed by atoms with Gasteiger partial charge in [0.25, 0.3) is 11.6 Å². The van der Waals surface area contributed by atoms with Crippen molar-refractivity contribution in [1.82, 2.24) is 5.43 Å². The normalized spacial score (nSPS) is 10.6. The number of nitrogens with one attached hydrogen (secondary N) is 1. The number of aromatic hydroxyl groups is 1. The molecule has 0 heterocycles. The molecule has 0 aliphatic rings. The molecule has 0 saturated carbocycles. The maximum absolute atomic E-state index is 12.0. The van der Waals surface area contributed by atoms with Crippen molar-refractivity contribution in [2.75, 3.05) is 6.61 Å². The van der Waals surface area contributed by atoms with E-state index < -0.39 is 27.2 Å². The summed E-state index contributed by atoms with van der Waals surface area (Å²) < 4.78 is 5.13. The lowest BCUT2D eigenvalue weighted by molar-refractivity contribution is -0.386. The van der Waals surface area contributed by atoms with E-state index in [1.54, 1.807) is 6.92 Å². The van der Waals surface area contributed by atoms with Crippen molar-refractivity contribution in [3.63, 3.8) is 0 Å². The van der Waals surface area contributed by atoms with Gasteiger partial charge in [0, 0.05) is 29.3 Å². The van der Waals surface area contributed by atoms with E-state index in [4.69, 9.17) is 4.74 Å². The number of hydrogen-bond donors (Lipinski definition) is 2. The predicted octanol–water partition coefficient (Wildman–Crippen LogP) is 2.37. The molecule has 0 fully saturated rings. The van der Waals surface area contributed by atoms with Crippen LogP contribution < -0.4 is 10.2 Å². The number of hydrazone groups is 1. The molecule has 11 heteroatoms. The summed E-state index contributed by atoms with van der Waals surface area (Å²) in [5.41, 5.74) is 1.56. The zero-order valence-corrected chi connectivity index (χ0v) is 14.0. The summed E-state index contributed by atoms with van der Waals surface area (Å²) in [4.78, 5) is 32.3. The summed E-state index contributed by atoms with van der Waals surface area (Å²) in [6, 6.07) is 7.43. The van der Waals surface area contributed by atoms with Crippen LogP contribution in [-0.2, 0) is 0 Å². The van der Waals surface area contributed by atoms with Crippen LogP contribution in [0.3, 0.4) is 0 Å². The van der Waals surface area contributed by atoms with Gasteiger partial charge < -0.3 is 9.84 Å². The number of carbonyl (C=O) groups is 1. The monoisotopic (exact) mass is 374 g/mol. The lowest BCUT2D eigenvalue weighted by Gasteiger charge is -2.07. The number of non-ortho nitro benzene ring substituents is 1. The Morgan fingerprint density at radius 1 is 1.26 bits per heavy atom. The average Bonchev–Trinajstić information content (AvgIpc) is 2.64. The third kappa shape index (κ3) is 4.75. The van der Waals surface area contributed by atoms with E-state index in [0.29, 0.717) is 0 Å². The van der Waals surface area contributed by atoms with E-state index in [0.717, 1.165) is 18.3 Å². The van der Waals surface area contributed by atoms with Gasteiger partial charge in [-0.2, -0.15) is 5.10 Å². The van der Waals surface area contributed by atoms with Crippen molar-refractivity contribution in [3.05, 3.63) is 67.8 Å². The number of phenolic OH excluding ortho intramolecular Hbond substituents is 1. The highest BCUT2D eigenvalue weighted by Crippen LogP contribution is 2.36. The second kappa shape index (κ2) is 8.38. The maximum atomic E-state index is 12.0. The first-order chi connectivity index (χ1) is 12.8. The van der Waals surface area contributed by atoms with Crippen molar-refractivity contribution in [1.29, 1.82) is 0 Å². The fourth-order valence-corrected chi connectivity index (χ4v) is 2.08. The van der Waals surface area contributed by atoms with Gasteiger partial charge in [0.05, 0.1) is 22.7 Å². The van der Waals surface area contributed by atoms with Crippen LogP contribution in [0.15, 0.2) is 41.5 Å². The fourth-order valence-electron chi connectivity index (χ4n) is 2.08. The molecule has 2 aromatic carbocycles. The summed E-state index contributed by atoms with van der Waals surface area (Å²) in [6.07, 6.45) is 1.12. The second-order valence-electron chi connectivity index (χ2n) is 5.08. The van der Waals surface area contributed by atoms with Crippen LogP contribution in [-0.4, -0.2) is 33.7 Å². The standard InChI is InChI=1S/C16H14N4O7/c1-2-27-14-7-10(6-13(15(14)21)20(25)26)9-17-18-16(22)11-4-3-5-12(8-11)19(23)24/h3-9,21H,2H2,1H3,(H,18,22). The summed E-state index contributed by atoms with van der Waals surface area (Å²) >= 11 is 0. The Bertz CT molecular complexity index is 927. The largest absolute Gasteiger partial charge is 0.500 e. The Labute approximate surface area is 152 Å². The van der Waals surface area contributed by atoms with Crippen molar-refractivity contribution in [3.8, 4) is 11.5 Å². The number of amides is 1. The first-order valence-electron chi connectivity index (χ1n) is 7.55. The van der Waals surface area contributed by atoms with E-state index >= 15 is 0 Å². The van der Waals surface area contributed by atoms with E-state index in [2.05, 4.69) is 10.5 Å². The highest BCUT2D eigenvalue weighted by Gasteiger charge is 2.19. The molecule has 0 saturated heterocycles. The number of ether oxygens (including phenoxy) is 1. The maximum Gasteiger partial charge on any atom is 0.315 e. The lowest BCUT2D eigenvalue weighted by atomic mass is 10.2. The molecule has 0 atom stereocenters. The summed E-state index contributed by atoms with van der Waals surface area (Å²) in [5, 5.41) is 35.2. The van der Waals surface area contributed by atoms with Crippen LogP contribution in [0.2, 0.25) is 0 Å². The number of nitrogens with zero attached hydrogens (tertiary/aromatic N) is 3. The zero-order valence-electron chi connectivity index (χ0n) is 14.0. The number of carbonyl (C=O) groups excluding carboxylic acids is 1. The van der Waals surface area contributed by atoms with Gasteiger partial charge in [-0.15, -0.1) is 0 Å². The Hall–Kier alpha value is -4.02. The van der Waals surface area contributed by atoms with E-state index in [1.165, 1.54) is 24.3 Å². The van der Waals surface area contributed by atoms with Gasteiger partial charge in [0.2, 0.25) is 5.75 Å². The molecule has 0 unspecified atom stereocenters. The highest BCUT2D eigenvalue weighted by molar-refractivity contribution is 5.95. The molecule has 0 bridgehead atoms. The van der Waals surface area contributed by atoms with Crippen LogP contribution in [0.4, 0.5) is 11.4 Å². The smallest absolute Gasteiger partial charge is 0.315 e. The molecular formula is C16H14N4O7. The fraction of sp³-hybridized carbons (Fsp3) is 0.125. The van der Waals surface area contributed by atoms with Gasteiger partial charge in [-0.1, -0.05) is 6.07 Å². The number of phenols is 1. The Morgan fingerprint density at radius 3 is 2.63 bits per heavy atom. The predicted molar refractivity (Wildman–Crippen MR) is 94.1 cm³/mol. The molecule has 1 amide bonds. The summed E-state index contributed by atoms with van der Waals surface area (Å²) in [6.45, 7) is 1.82. The van der Waals surface area contributed by atoms with Gasteiger partial charge in [-0.3, -0.25) is 25.0 Å². The molecule has 140 valence electrons. The van der Waals surface area contributed by atoms with E-state index in [-0.39, 0.29) is 29.2 Å². The van der Waals surface area contributed by atoms with Gasteiger partial charge in [-0.05, 0) is 19.1 Å². The first-order valence-corrected chi connectivity index (χ1v) is 7.55. The minimum atomic E-state index is -0.781. The third-order valence-corrected chi connectivity index (χ3v) is 3.27. The van der Waals surface area contributed by atoms with Crippen LogP contribution in [0.5, 0.6) is 11.5 Å². The molecule has 0 radical (unpaired) electrons. The van der Waals surface area contributed by atoms with E-state index in [1.807, 2.05) is 0 Å². The number of benzene rings is 2. The Balaban J connectivity index is 2.20. The topological polar surface area (TPSA) is 157 Å². The highest BCUT2D eigenvalue weighted by atomic mass is 16.6. The van der Waals surface area contributed by atoms with Crippen LogP contribution >= 0.6 is 0 Å². The second-order valence-corrected chi connectivity index (χ2v) is 5.08. The van der Waals surface area contributed by atoms with Gasteiger partial charge in [0.15, 0.2) is 5.75 Å². The molecular weight excluding hydrogens is 360 g/mol. The van der Waals surface area contributed by atoms with Crippen molar-refractivity contribution in [2.45, 2.75) is 6.92 Å². The van der Waals surface area contributed by atoms with Gasteiger partial charge in [0.1, 0.15) is 0 Å². The minimum absolute atomic E-state index is 0.0213. The molecule has 11 nitrogen and oxygen atoms in total. The van der Waals surface area contributed by atoms with Crippen LogP contribution in [0.1, 0.15) is 22.8 Å². The molecule has 0 aromatic heterocycles. The SMILES string of the molecule is CCOc1cc(C=NNC(=O)c2cccc([N+](=O)[O-])c2)cc([N+](=O)[O-])c1O. The van der Waals surface area contributed by atoms with Gasteiger partial charge in [-0.25, -0.2) is 5.43 Å². The Morgan fingerprint density at radius 2 is 2.00 bits per heavy atom. The van der Waals surface area contributed by atoms with Crippen molar-refractivity contribution in [2.24, 2.45) is 5.10 Å². The zero-order chi connectivity index (χ0) is 20.0. The lowest BCUT2D eigenvalue weighted by Crippen LogP contribution is -2.17. The Kier molecular flexibility index (Phi) is 5.99. The van der Waals surface area contributed by atoms with Crippen LogP contribution in [0, 0.1) is 20.2 Å². The van der Waals surface area contributed by atoms with Crippen molar-refractivity contribution < 1.29 is 24.5 Å². The third-order valence-electron chi connectivity index (χ3n) is 3.27. The molecule has 0 spiro atoms. The first kappa shape index (κ1) is 19.3. The minimum Gasteiger partial charge on any atom is -0.500 e. The number of nitro groups is 2. The molecule has 2 N–H and O–H groups in total. The van der Waals surface area contributed by atoms with Crippen molar-refractivity contribution >= 4 is 23.5 Å². The molecule has 2 rings (SSSR count). The summed E-state index contributed by atoms with van der Waals surface area (Å²) in [5.74, 6) is -1.41. The number of rotatable bonds is 7. The molecule has 2 aromatic rings. The number of nitro benzene ring substituents is 2. The molecule has 27 heavy (non-hydrogen) atoms. The van der Waals surface area contributed by atoms with Crippen LogP contribution in [0.25, 0.3) is 0 Å². The van der Waals surface area contributed by atoms with E-state index in [9.17, 15) is 30.1 Å². The van der Waals surface area contributed by atoms with Gasteiger partial charge >= 0.3 is 5.69 Å². The quantitative estimate of drug-likeness (QED) is 0.428. The average molecular weight is 374 g/mol.